The predicted molar refractivity (Wildman–Crippen MR) is 112 cm³/mol. The first-order valence-corrected chi connectivity index (χ1v) is 10.1. The van der Waals surface area contributed by atoms with Crippen molar-refractivity contribution < 1.29 is 24.6 Å². The van der Waals surface area contributed by atoms with Crippen LogP contribution in [0.15, 0.2) is 40.6 Å². The number of carbonyl (C=O) groups excluding carboxylic acids is 2. The first-order chi connectivity index (χ1) is 13.3. The summed E-state index contributed by atoms with van der Waals surface area (Å²) in [5.74, 6) is -2.62. The molecule has 1 aromatic heterocycles. The number of aromatic hydroxyl groups is 1. The Morgan fingerprint density at radius 3 is 2.68 bits per heavy atom. The number of amides is 2. The van der Waals surface area contributed by atoms with Gasteiger partial charge in [0.15, 0.2) is 0 Å². The quantitative estimate of drug-likeness (QED) is 0.489. The third-order valence-corrected chi connectivity index (χ3v) is 6.05. The molecule has 1 aliphatic rings. The van der Waals surface area contributed by atoms with Crippen LogP contribution in [0.25, 0.3) is 6.08 Å². The second-order valence-electron chi connectivity index (χ2n) is 5.77. The highest BCUT2D eigenvalue weighted by Crippen LogP contribution is 2.34. The van der Waals surface area contributed by atoms with E-state index < -0.39 is 23.7 Å². The summed E-state index contributed by atoms with van der Waals surface area (Å²) in [6, 6.07) is 6.53. The molecule has 3 N–H and O–H groups in total. The molecule has 0 bridgehead atoms. The topological polar surface area (TPSA) is 107 Å². The van der Waals surface area contributed by atoms with Gasteiger partial charge in [-0.2, -0.15) is 0 Å². The number of aromatic carboxylic acids is 1. The van der Waals surface area contributed by atoms with Gasteiger partial charge in [-0.15, -0.1) is 11.3 Å². The van der Waals surface area contributed by atoms with E-state index in [1.54, 1.807) is 13.0 Å². The minimum Gasteiger partial charge on any atom is -0.507 e. The van der Waals surface area contributed by atoms with Crippen LogP contribution >= 0.6 is 35.3 Å². The zero-order chi connectivity index (χ0) is 20.4. The lowest BCUT2D eigenvalue weighted by Crippen LogP contribution is -2.44. The molecule has 0 saturated carbocycles. The predicted octanol–water partition coefficient (Wildman–Crippen LogP) is 3.38. The minimum atomic E-state index is -1.28. The minimum absolute atomic E-state index is 0.207. The number of carboxylic acids is 1. The summed E-state index contributed by atoms with van der Waals surface area (Å²) in [4.78, 5) is 38.8. The fourth-order valence-corrected chi connectivity index (χ4v) is 4.61. The number of phenols is 1. The van der Waals surface area contributed by atoms with Crippen molar-refractivity contribution in [1.82, 2.24) is 4.90 Å². The van der Waals surface area contributed by atoms with Crippen molar-refractivity contribution in [3.63, 3.8) is 0 Å². The third-order valence-electron chi connectivity index (χ3n) is 3.90. The lowest BCUT2D eigenvalue weighted by atomic mass is 10.1. The second kappa shape index (κ2) is 8.13. The molecular weight excluding hydrogens is 420 g/mol. The molecule has 1 atom stereocenters. The van der Waals surface area contributed by atoms with Crippen LogP contribution in [0.2, 0.25) is 0 Å². The number of nitrogens with zero attached hydrogens (tertiary/aromatic N) is 1. The molecule has 1 saturated heterocycles. The van der Waals surface area contributed by atoms with Crippen LogP contribution in [0.3, 0.4) is 0 Å². The molecule has 7 nitrogen and oxygen atoms in total. The second-order valence-corrected chi connectivity index (χ2v) is 8.42. The van der Waals surface area contributed by atoms with E-state index in [-0.39, 0.29) is 21.5 Å². The summed E-state index contributed by atoms with van der Waals surface area (Å²) in [7, 11) is 0. The average Bonchev–Trinajstić information content (AvgIpc) is 3.22. The molecule has 1 unspecified atom stereocenters. The van der Waals surface area contributed by atoms with Crippen LogP contribution in [-0.4, -0.2) is 43.3 Å². The largest absolute Gasteiger partial charge is 0.507 e. The van der Waals surface area contributed by atoms with Gasteiger partial charge in [0.05, 0.1) is 4.91 Å². The number of hydrogen-bond acceptors (Lipinski definition) is 7. The summed E-state index contributed by atoms with van der Waals surface area (Å²) < 4.78 is 0.277. The van der Waals surface area contributed by atoms with Crippen molar-refractivity contribution in [2.45, 2.75) is 13.0 Å². The Hall–Kier alpha value is -2.69. The lowest BCUT2D eigenvalue weighted by molar-refractivity contribution is -0.129. The van der Waals surface area contributed by atoms with Crippen LogP contribution in [0.1, 0.15) is 22.2 Å². The molecular formula is C18H14N2O5S3. The van der Waals surface area contributed by atoms with E-state index in [0.717, 1.165) is 22.7 Å². The molecule has 10 heteroatoms. The zero-order valence-electron chi connectivity index (χ0n) is 14.4. The number of nitrogens with one attached hydrogen (secondary N) is 1. The van der Waals surface area contributed by atoms with E-state index in [9.17, 15) is 19.5 Å². The van der Waals surface area contributed by atoms with Crippen LogP contribution in [0.4, 0.5) is 5.69 Å². The van der Waals surface area contributed by atoms with Crippen molar-refractivity contribution in [3.8, 4) is 5.75 Å². The van der Waals surface area contributed by atoms with Gasteiger partial charge in [-0.25, -0.2) is 4.79 Å². The summed E-state index contributed by atoms with van der Waals surface area (Å²) in [5, 5.41) is 23.1. The van der Waals surface area contributed by atoms with E-state index in [1.165, 1.54) is 28.4 Å². The third kappa shape index (κ3) is 4.08. The fourth-order valence-electron chi connectivity index (χ4n) is 2.47. The molecule has 144 valence electrons. The Balaban J connectivity index is 1.74. The van der Waals surface area contributed by atoms with Gasteiger partial charge in [-0.05, 0) is 36.6 Å². The number of thiocarbonyl (C=S) groups is 1. The number of carboxylic acid groups (broad SMARTS) is 1. The van der Waals surface area contributed by atoms with E-state index in [2.05, 4.69) is 5.32 Å². The Kier molecular flexibility index (Phi) is 5.82. The normalized spacial score (nSPS) is 16.5. The van der Waals surface area contributed by atoms with E-state index in [0.29, 0.717) is 4.91 Å². The van der Waals surface area contributed by atoms with Gasteiger partial charge in [0.1, 0.15) is 21.7 Å². The Morgan fingerprint density at radius 2 is 2.07 bits per heavy atom. The van der Waals surface area contributed by atoms with E-state index >= 15 is 0 Å². The highest BCUT2D eigenvalue weighted by Gasteiger charge is 2.38. The fraction of sp³-hybridized carbons (Fsp3) is 0.111. The summed E-state index contributed by atoms with van der Waals surface area (Å²) in [6.45, 7) is 1.54. The average molecular weight is 435 g/mol. The van der Waals surface area contributed by atoms with Crippen LogP contribution in [-0.2, 0) is 9.59 Å². The molecule has 2 heterocycles. The number of benzene rings is 1. The number of thioether (sulfide) groups is 1. The molecule has 2 amide bonds. The van der Waals surface area contributed by atoms with Gasteiger partial charge in [-0.3, -0.25) is 14.5 Å². The van der Waals surface area contributed by atoms with Gasteiger partial charge in [-0.1, -0.05) is 30.0 Å². The molecule has 28 heavy (non-hydrogen) atoms. The van der Waals surface area contributed by atoms with Gasteiger partial charge < -0.3 is 15.5 Å². The number of thiophene rings is 1. The molecule has 0 aliphatic carbocycles. The van der Waals surface area contributed by atoms with Crippen LogP contribution in [0, 0.1) is 0 Å². The Labute approximate surface area is 173 Å². The summed E-state index contributed by atoms with van der Waals surface area (Å²) in [5.41, 5.74) is -0.0689. The Bertz CT molecular complexity index is 1000. The maximum atomic E-state index is 12.7. The number of anilines is 1. The standard InChI is InChI=1S/C18H14N2O5S3/c1-9(15(22)19-10-4-5-12(17(24)25)13(21)7-10)20-16(23)14(28-18(20)26)8-11-3-2-6-27-11/h2-9,21H,1H3,(H,19,22)(H,24,25). The van der Waals surface area contributed by atoms with Crippen molar-refractivity contribution in [1.29, 1.82) is 0 Å². The molecule has 3 rings (SSSR count). The summed E-state index contributed by atoms with van der Waals surface area (Å²) >= 11 is 7.88. The first kappa shape index (κ1) is 20.1. The van der Waals surface area contributed by atoms with E-state index in [4.69, 9.17) is 17.3 Å². The molecule has 1 aliphatic heterocycles. The molecule has 1 fully saturated rings. The maximum absolute atomic E-state index is 12.7. The van der Waals surface area contributed by atoms with Crippen LogP contribution < -0.4 is 5.32 Å². The molecule has 1 aromatic carbocycles. The van der Waals surface area contributed by atoms with Gasteiger partial charge in [0.2, 0.25) is 5.91 Å². The molecule has 2 aromatic rings. The van der Waals surface area contributed by atoms with Crippen LogP contribution in [0.5, 0.6) is 5.75 Å². The monoisotopic (exact) mass is 434 g/mol. The van der Waals surface area contributed by atoms with Crippen molar-refractivity contribution in [2.24, 2.45) is 0 Å². The van der Waals surface area contributed by atoms with Crippen molar-refractivity contribution >= 4 is 69.2 Å². The molecule has 0 spiro atoms. The van der Waals surface area contributed by atoms with Gasteiger partial charge in [0.25, 0.3) is 5.91 Å². The Morgan fingerprint density at radius 1 is 1.32 bits per heavy atom. The maximum Gasteiger partial charge on any atom is 0.339 e. The SMILES string of the molecule is CC(C(=O)Nc1ccc(C(=O)O)c(O)c1)N1C(=O)C(=Cc2cccs2)SC1=S. The highest BCUT2D eigenvalue weighted by molar-refractivity contribution is 8.26. The number of carbonyl (C=O) groups is 3. The van der Waals surface area contributed by atoms with Gasteiger partial charge in [0, 0.05) is 16.6 Å². The summed E-state index contributed by atoms with van der Waals surface area (Å²) in [6.07, 6.45) is 1.73. The number of hydrogen-bond donors (Lipinski definition) is 3. The first-order valence-electron chi connectivity index (χ1n) is 7.95. The number of rotatable bonds is 5. The van der Waals surface area contributed by atoms with Crippen molar-refractivity contribution in [3.05, 3.63) is 51.1 Å². The van der Waals surface area contributed by atoms with Gasteiger partial charge >= 0.3 is 5.97 Å². The van der Waals surface area contributed by atoms with E-state index in [1.807, 2.05) is 17.5 Å². The highest BCUT2D eigenvalue weighted by atomic mass is 32.2. The lowest BCUT2D eigenvalue weighted by Gasteiger charge is -2.22. The smallest absolute Gasteiger partial charge is 0.339 e. The van der Waals surface area contributed by atoms with Crippen molar-refractivity contribution in [2.75, 3.05) is 5.32 Å². The molecule has 0 radical (unpaired) electrons. The zero-order valence-corrected chi connectivity index (χ0v) is 16.9.